The van der Waals surface area contributed by atoms with Crippen LogP contribution in [0.3, 0.4) is 0 Å². The summed E-state index contributed by atoms with van der Waals surface area (Å²) in [5.41, 5.74) is 6.78. The lowest BCUT2D eigenvalue weighted by Gasteiger charge is -2.11. The number of nitrogens with one attached hydrogen (secondary N) is 4. The van der Waals surface area contributed by atoms with Gasteiger partial charge < -0.3 is 5.32 Å². The van der Waals surface area contributed by atoms with Gasteiger partial charge in [0.1, 0.15) is 0 Å². The molecule has 0 radical (unpaired) electrons. The Labute approximate surface area is 197 Å². The number of amides is 3. The summed E-state index contributed by atoms with van der Waals surface area (Å²) in [7, 11) is 0. The van der Waals surface area contributed by atoms with Crippen molar-refractivity contribution in [2.45, 2.75) is 13.8 Å². The second-order valence-corrected chi connectivity index (χ2v) is 7.93. The van der Waals surface area contributed by atoms with Crippen LogP contribution in [0.1, 0.15) is 29.8 Å². The first kappa shape index (κ1) is 23.6. The predicted octanol–water partition coefficient (Wildman–Crippen LogP) is 3.78. The van der Waals surface area contributed by atoms with Crippen molar-refractivity contribution in [2.75, 3.05) is 5.32 Å². The van der Waals surface area contributed by atoms with Gasteiger partial charge >= 0.3 is 0 Å². The summed E-state index contributed by atoms with van der Waals surface area (Å²) in [6.45, 7) is 3.59. The maximum absolute atomic E-state index is 12.3. The summed E-state index contributed by atoms with van der Waals surface area (Å²) < 4.78 is 0. The summed E-state index contributed by atoms with van der Waals surface area (Å²) in [5.74, 6) is -1.13. The molecule has 0 atom stereocenters. The molecule has 0 bridgehead atoms. The first-order valence-corrected chi connectivity index (χ1v) is 10.7. The summed E-state index contributed by atoms with van der Waals surface area (Å²) in [5, 5.41) is 7.30. The van der Waals surface area contributed by atoms with E-state index in [4.69, 9.17) is 12.2 Å². The van der Waals surface area contributed by atoms with Gasteiger partial charge in [0.05, 0.1) is 0 Å². The molecule has 0 saturated heterocycles. The van der Waals surface area contributed by atoms with E-state index in [1.807, 2.05) is 42.5 Å². The van der Waals surface area contributed by atoms with Gasteiger partial charge in [-0.1, -0.05) is 56.3 Å². The van der Waals surface area contributed by atoms with Crippen LogP contribution in [0.15, 0.2) is 72.8 Å². The fourth-order valence-electron chi connectivity index (χ4n) is 2.92. The summed E-state index contributed by atoms with van der Waals surface area (Å²) in [6.07, 6.45) is 3.08. The zero-order chi connectivity index (χ0) is 23.8. The molecule has 0 spiro atoms. The smallest absolute Gasteiger partial charge is 0.269 e. The molecule has 4 N–H and O–H groups in total. The van der Waals surface area contributed by atoms with E-state index < -0.39 is 11.8 Å². The van der Waals surface area contributed by atoms with Crippen LogP contribution in [0.5, 0.6) is 0 Å². The molecular formula is C25H24N4O3S. The fraction of sp³-hybridized carbons (Fsp3) is 0.120. The molecule has 3 amide bonds. The topological polar surface area (TPSA) is 99.3 Å². The quantitative estimate of drug-likeness (QED) is 0.264. The molecule has 0 aliphatic heterocycles. The summed E-state index contributed by atoms with van der Waals surface area (Å²) in [4.78, 5) is 36.2. The number of carbonyl (C=O) groups is 3. The molecule has 0 saturated carbocycles. The Balaban J connectivity index is 1.49. The molecule has 0 unspecified atom stereocenters. The standard InChI is InChI=1S/C25H24N4O3S/c1-16(2)23(31)26-20-13-10-19(11-14-20)24(32)28-29-25(33)27-22(30)15-12-18-8-5-7-17-6-3-4-9-21(17)18/h3-16H,1-2H3,(H,26,31)(H,28,32)(H2,27,29,30,33)/b15-12+. The molecule has 0 aliphatic rings. The number of hydrogen-bond donors (Lipinski definition) is 4. The van der Waals surface area contributed by atoms with Crippen LogP contribution in [0, 0.1) is 5.92 Å². The first-order chi connectivity index (χ1) is 15.8. The van der Waals surface area contributed by atoms with Crippen molar-refractivity contribution in [3.8, 4) is 0 Å². The summed E-state index contributed by atoms with van der Waals surface area (Å²) in [6, 6.07) is 20.1. The number of hydrazine groups is 1. The lowest BCUT2D eigenvalue weighted by molar-refractivity contribution is -0.119. The van der Waals surface area contributed by atoms with Gasteiger partial charge in [0.25, 0.3) is 5.91 Å². The molecule has 3 rings (SSSR count). The number of carbonyl (C=O) groups excluding carboxylic acids is 3. The third-order valence-corrected chi connectivity index (χ3v) is 4.91. The third-order valence-electron chi connectivity index (χ3n) is 4.70. The Kier molecular flexibility index (Phi) is 7.88. The van der Waals surface area contributed by atoms with E-state index >= 15 is 0 Å². The minimum absolute atomic E-state index is 0.0447. The van der Waals surface area contributed by atoms with Crippen molar-refractivity contribution >= 4 is 57.6 Å². The Morgan fingerprint density at radius 3 is 2.30 bits per heavy atom. The van der Waals surface area contributed by atoms with Crippen LogP contribution in [0.2, 0.25) is 0 Å². The average molecular weight is 461 g/mol. The second-order valence-electron chi connectivity index (χ2n) is 7.52. The van der Waals surface area contributed by atoms with Gasteiger partial charge in [-0.05, 0) is 58.9 Å². The fourth-order valence-corrected chi connectivity index (χ4v) is 3.07. The Bertz CT molecular complexity index is 1210. The van der Waals surface area contributed by atoms with Gasteiger partial charge in [-0.2, -0.15) is 0 Å². The monoisotopic (exact) mass is 460 g/mol. The van der Waals surface area contributed by atoms with Crippen LogP contribution >= 0.6 is 12.2 Å². The van der Waals surface area contributed by atoms with Crippen LogP contribution in [-0.2, 0) is 9.59 Å². The number of rotatable bonds is 5. The molecule has 0 fully saturated rings. The number of benzene rings is 3. The van der Waals surface area contributed by atoms with Gasteiger partial charge in [-0.15, -0.1) is 0 Å². The number of hydrogen-bond acceptors (Lipinski definition) is 4. The van der Waals surface area contributed by atoms with Crippen molar-refractivity contribution in [2.24, 2.45) is 5.92 Å². The van der Waals surface area contributed by atoms with E-state index in [-0.39, 0.29) is 16.9 Å². The SMILES string of the molecule is CC(C)C(=O)Nc1ccc(C(=O)NNC(=S)NC(=O)/C=C/c2cccc3ccccc23)cc1. The lowest BCUT2D eigenvalue weighted by Crippen LogP contribution is -2.48. The minimum Gasteiger partial charge on any atom is -0.326 e. The predicted molar refractivity (Wildman–Crippen MR) is 134 cm³/mol. The zero-order valence-corrected chi connectivity index (χ0v) is 19.0. The third kappa shape index (κ3) is 6.72. The normalized spacial score (nSPS) is 10.8. The number of fused-ring (bicyclic) bond motifs is 1. The van der Waals surface area contributed by atoms with E-state index in [9.17, 15) is 14.4 Å². The maximum Gasteiger partial charge on any atom is 0.269 e. The van der Waals surface area contributed by atoms with Crippen LogP contribution in [0.4, 0.5) is 5.69 Å². The van der Waals surface area contributed by atoms with Crippen LogP contribution in [-0.4, -0.2) is 22.8 Å². The zero-order valence-electron chi connectivity index (χ0n) is 18.2. The Hall–Kier alpha value is -4.04. The highest BCUT2D eigenvalue weighted by Crippen LogP contribution is 2.19. The lowest BCUT2D eigenvalue weighted by atomic mass is 10.0. The van der Waals surface area contributed by atoms with Gasteiger partial charge in [0.2, 0.25) is 11.8 Å². The van der Waals surface area contributed by atoms with Crippen molar-refractivity contribution < 1.29 is 14.4 Å². The molecule has 8 heteroatoms. The number of thiocarbonyl (C=S) groups is 1. The van der Waals surface area contributed by atoms with E-state index in [0.717, 1.165) is 16.3 Å². The highest BCUT2D eigenvalue weighted by atomic mass is 32.1. The Morgan fingerprint density at radius 2 is 1.58 bits per heavy atom. The van der Waals surface area contributed by atoms with E-state index in [0.29, 0.717) is 11.3 Å². The highest BCUT2D eigenvalue weighted by Gasteiger charge is 2.09. The van der Waals surface area contributed by atoms with Crippen molar-refractivity contribution in [3.63, 3.8) is 0 Å². The molecule has 0 aromatic heterocycles. The van der Waals surface area contributed by atoms with E-state index in [1.54, 1.807) is 44.2 Å². The molecule has 7 nitrogen and oxygen atoms in total. The van der Waals surface area contributed by atoms with Gasteiger partial charge in [-0.25, -0.2) is 0 Å². The molecule has 3 aromatic rings. The van der Waals surface area contributed by atoms with Gasteiger partial charge in [0, 0.05) is 23.2 Å². The van der Waals surface area contributed by atoms with E-state index in [2.05, 4.69) is 21.5 Å². The molecule has 0 heterocycles. The molecule has 33 heavy (non-hydrogen) atoms. The average Bonchev–Trinajstić information content (AvgIpc) is 2.81. The van der Waals surface area contributed by atoms with Crippen LogP contribution in [0.25, 0.3) is 16.8 Å². The Morgan fingerprint density at radius 1 is 0.879 bits per heavy atom. The van der Waals surface area contributed by atoms with E-state index in [1.165, 1.54) is 6.08 Å². The van der Waals surface area contributed by atoms with Crippen molar-refractivity contribution in [1.82, 2.24) is 16.2 Å². The number of anilines is 1. The molecule has 168 valence electrons. The molecular weight excluding hydrogens is 436 g/mol. The van der Waals surface area contributed by atoms with Crippen molar-refractivity contribution in [3.05, 3.63) is 83.9 Å². The van der Waals surface area contributed by atoms with Gasteiger partial charge in [-0.3, -0.25) is 30.6 Å². The summed E-state index contributed by atoms with van der Waals surface area (Å²) >= 11 is 5.06. The second kappa shape index (κ2) is 11.0. The van der Waals surface area contributed by atoms with Crippen molar-refractivity contribution in [1.29, 1.82) is 0 Å². The highest BCUT2D eigenvalue weighted by molar-refractivity contribution is 7.80. The minimum atomic E-state index is -0.445. The molecule has 0 aliphatic carbocycles. The van der Waals surface area contributed by atoms with Gasteiger partial charge in [0.15, 0.2) is 5.11 Å². The first-order valence-electron chi connectivity index (χ1n) is 10.3. The van der Waals surface area contributed by atoms with Crippen LogP contribution < -0.4 is 21.5 Å². The largest absolute Gasteiger partial charge is 0.326 e. The maximum atomic E-state index is 12.3. The molecule has 3 aromatic carbocycles.